The van der Waals surface area contributed by atoms with Crippen molar-refractivity contribution in [3.63, 3.8) is 0 Å². The van der Waals surface area contributed by atoms with Gasteiger partial charge >= 0.3 is 0 Å². The third-order valence-corrected chi connectivity index (χ3v) is 8.71. The first-order valence-electron chi connectivity index (χ1n) is 12.1. The van der Waals surface area contributed by atoms with E-state index in [1.54, 1.807) is 6.92 Å². The van der Waals surface area contributed by atoms with Crippen molar-refractivity contribution < 1.29 is 4.79 Å². The molecule has 170 valence electrons. The third-order valence-electron chi connectivity index (χ3n) is 8.02. The minimum Gasteiger partial charge on any atom is -0.340 e. The second-order valence-electron chi connectivity index (χ2n) is 9.78. The second kappa shape index (κ2) is 9.37. The van der Waals surface area contributed by atoms with Crippen molar-refractivity contribution in [2.45, 2.75) is 76.0 Å². The molecule has 1 unspecified atom stereocenters. The largest absolute Gasteiger partial charge is 0.340 e. The van der Waals surface area contributed by atoms with Crippen molar-refractivity contribution in [3.05, 3.63) is 69.7 Å². The number of rotatable bonds is 4. The third kappa shape index (κ3) is 4.08. The Bertz CT molecular complexity index is 920. The van der Waals surface area contributed by atoms with Gasteiger partial charge in [0.2, 0.25) is 5.91 Å². The summed E-state index contributed by atoms with van der Waals surface area (Å²) in [6.45, 7) is 2.67. The van der Waals surface area contributed by atoms with Gasteiger partial charge in [0.1, 0.15) is 0 Å². The SMILES string of the molecule is CC(=O)N1CCCCC1C1C[C@@H]2CC[C@@H](C1)N2C(c1ccccc1Cl)c1ccccc1Cl. The van der Waals surface area contributed by atoms with E-state index in [2.05, 4.69) is 34.1 Å². The number of benzene rings is 2. The molecule has 32 heavy (non-hydrogen) atoms. The van der Waals surface area contributed by atoms with E-state index in [1.165, 1.54) is 19.3 Å². The van der Waals surface area contributed by atoms with E-state index in [1.807, 2.05) is 24.3 Å². The molecule has 0 aromatic heterocycles. The molecule has 3 heterocycles. The predicted octanol–water partition coefficient (Wildman–Crippen LogP) is 6.73. The van der Waals surface area contributed by atoms with Gasteiger partial charge in [0.05, 0.1) is 6.04 Å². The standard InChI is InChI=1S/C27H32Cl2N2O/c1-18(32)30-15-7-6-12-26(30)19-16-20-13-14-21(17-19)31(20)27(22-8-2-4-10-24(22)28)23-9-3-5-11-25(23)29/h2-5,8-11,19-21,26-27H,6-7,12-17H2,1H3/t20-,21-,26?/m0/s1. The summed E-state index contributed by atoms with van der Waals surface area (Å²) in [7, 11) is 0. The molecule has 3 aliphatic rings. The molecule has 3 saturated heterocycles. The lowest BCUT2D eigenvalue weighted by atomic mass is 9.79. The zero-order valence-electron chi connectivity index (χ0n) is 18.7. The maximum Gasteiger partial charge on any atom is 0.219 e. The van der Waals surface area contributed by atoms with Crippen molar-refractivity contribution in [1.29, 1.82) is 0 Å². The average molecular weight is 471 g/mol. The lowest BCUT2D eigenvalue weighted by Gasteiger charge is -2.49. The molecule has 2 bridgehead atoms. The summed E-state index contributed by atoms with van der Waals surface area (Å²) < 4.78 is 0. The molecule has 0 N–H and O–H groups in total. The molecule has 3 atom stereocenters. The molecule has 0 spiro atoms. The number of amides is 1. The van der Waals surface area contributed by atoms with Crippen molar-refractivity contribution in [2.24, 2.45) is 5.92 Å². The summed E-state index contributed by atoms with van der Waals surface area (Å²) in [4.78, 5) is 17.2. The van der Waals surface area contributed by atoms with Crippen LogP contribution in [0.3, 0.4) is 0 Å². The number of likely N-dealkylation sites (tertiary alicyclic amines) is 1. The van der Waals surface area contributed by atoms with E-state index in [0.717, 1.165) is 53.4 Å². The Labute approximate surface area is 201 Å². The van der Waals surface area contributed by atoms with E-state index < -0.39 is 0 Å². The van der Waals surface area contributed by atoms with Gasteiger partial charge in [-0.15, -0.1) is 0 Å². The van der Waals surface area contributed by atoms with Gasteiger partial charge in [-0.05, 0) is 74.1 Å². The highest BCUT2D eigenvalue weighted by atomic mass is 35.5. The Morgan fingerprint density at radius 2 is 1.44 bits per heavy atom. The highest BCUT2D eigenvalue weighted by Gasteiger charge is 2.48. The molecule has 2 aromatic carbocycles. The van der Waals surface area contributed by atoms with Crippen molar-refractivity contribution in [1.82, 2.24) is 9.80 Å². The number of fused-ring (bicyclic) bond motifs is 2. The summed E-state index contributed by atoms with van der Waals surface area (Å²) >= 11 is 13.5. The van der Waals surface area contributed by atoms with Gasteiger partial charge in [-0.25, -0.2) is 0 Å². The van der Waals surface area contributed by atoms with Gasteiger partial charge in [-0.2, -0.15) is 0 Å². The Hall–Kier alpha value is -1.55. The van der Waals surface area contributed by atoms with E-state index >= 15 is 0 Å². The fourth-order valence-electron chi connectivity index (χ4n) is 6.71. The summed E-state index contributed by atoms with van der Waals surface area (Å²) in [5.74, 6) is 0.834. The van der Waals surface area contributed by atoms with E-state index in [-0.39, 0.29) is 11.9 Å². The summed E-state index contributed by atoms with van der Waals surface area (Å²) in [5, 5.41) is 1.60. The number of piperidine rings is 2. The fourth-order valence-corrected chi connectivity index (χ4v) is 7.19. The lowest BCUT2D eigenvalue weighted by molar-refractivity contribution is -0.134. The Morgan fingerprint density at radius 1 is 0.875 bits per heavy atom. The van der Waals surface area contributed by atoms with Crippen LogP contribution in [0.25, 0.3) is 0 Å². The van der Waals surface area contributed by atoms with Gasteiger partial charge in [0, 0.05) is 41.6 Å². The number of carbonyl (C=O) groups is 1. The van der Waals surface area contributed by atoms with Crippen molar-refractivity contribution >= 4 is 29.1 Å². The van der Waals surface area contributed by atoms with Crippen LogP contribution >= 0.6 is 23.2 Å². The minimum atomic E-state index is 0.0612. The monoisotopic (exact) mass is 470 g/mol. The fraction of sp³-hybridized carbons (Fsp3) is 0.519. The summed E-state index contributed by atoms with van der Waals surface area (Å²) in [6, 6.07) is 17.9. The summed E-state index contributed by atoms with van der Waals surface area (Å²) in [6.07, 6.45) is 8.25. The molecule has 2 aromatic rings. The molecule has 1 amide bonds. The zero-order chi connectivity index (χ0) is 22.2. The summed E-state index contributed by atoms with van der Waals surface area (Å²) in [5.41, 5.74) is 2.28. The molecule has 3 aliphatic heterocycles. The molecular formula is C27H32Cl2N2O. The van der Waals surface area contributed by atoms with Gasteiger partial charge in [0.15, 0.2) is 0 Å². The smallest absolute Gasteiger partial charge is 0.219 e. The molecular weight excluding hydrogens is 439 g/mol. The number of carbonyl (C=O) groups excluding carboxylic acids is 1. The van der Waals surface area contributed by atoms with Crippen LogP contribution in [0.1, 0.15) is 69.0 Å². The number of hydrogen-bond acceptors (Lipinski definition) is 2. The highest BCUT2D eigenvalue weighted by Crippen LogP contribution is 2.49. The van der Waals surface area contributed by atoms with Crippen molar-refractivity contribution in [3.8, 4) is 0 Å². The van der Waals surface area contributed by atoms with Crippen LogP contribution in [0.5, 0.6) is 0 Å². The Kier molecular flexibility index (Phi) is 6.51. The maximum atomic E-state index is 12.3. The highest BCUT2D eigenvalue weighted by molar-refractivity contribution is 6.32. The maximum absolute atomic E-state index is 12.3. The molecule has 0 radical (unpaired) electrons. The Balaban J connectivity index is 1.48. The van der Waals surface area contributed by atoms with E-state index in [9.17, 15) is 4.79 Å². The number of halogens is 2. The molecule has 5 rings (SSSR count). The van der Waals surface area contributed by atoms with Gasteiger partial charge in [-0.1, -0.05) is 59.6 Å². The second-order valence-corrected chi connectivity index (χ2v) is 10.6. The topological polar surface area (TPSA) is 23.6 Å². The van der Waals surface area contributed by atoms with Gasteiger partial charge in [-0.3, -0.25) is 9.69 Å². The normalized spacial score (nSPS) is 28.3. The van der Waals surface area contributed by atoms with Crippen LogP contribution in [-0.4, -0.2) is 40.4 Å². The quantitative estimate of drug-likeness (QED) is 0.494. The van der Waals surface area contributed by atoms with E-state index in [4.69, 9.17) is 23.2 Å². The number of hydrogen-bond donors (Lipinski definition) is 0. The zero-order valence-corrected chi connectivity index (χ0v) is 20.2. The predicted molar refractivity (Wildman–Crippen MR) is 131 cm³/mol. The minimum absolute atomic E-state index is 0.0612. The van der Waals surface area contributed by atoms with Crippen LogP contribution in [-0.2, 0) is 4.79 Å². The number of nitrogens with zero attached hydrogens (tertiary/aromatic N) is 2. The van der Waals surface area contributed by atoms with E-state index in [0.29, 0.717) is 24.0 Å². The lowest BCUT2D eigenvalue weighted by Crippen LogP contribution is -2.53. The first-order chi connectivity index (χ1) is 15.5. The molecule has 3 nitrogen and oxygen atoms in total. The van der Waals surface area contributed by atoms with Crippen LogP contribution in [0.4, 0.5) is 0 Å². The van der Waals surface area contributed by atoms with Crippen LogP contribution in [0.15, 0.2) is 48.5 Å². The molecule has 5 heteroatoms. The first-order valence-corrected chi connectivity index (χ1v) is 12.8. The molecule has 3 fully saturated rings. The van der Waals surface area contributed by atoms with Crippen molar-refractivity contribution in [2.75, 3.05) is 6.54 Å². The molecule has 0 saturated carbocycles. The van der Waals surface area contributed by atoms with Gasteiger partial charge in [0.25, 0.3) is 0 Å². The first kappa shape index (κ1) is 22.3. The van der Waals surface area contributed by atoms with Crippen LogP contribution in [0.2, 0.25) is 10.0 Å². The average Bonchev–Trinajstić information content (AvgIpc) is 3.04. The Morgan fingerprint density at radius 3 is 1.97 bits per heavy atom. The van der Waals surface area contributed by atoms with Gasteiger partial charge < -0.3 is 4.90 Å². The van der Waals surface area contributed by atoms with Crippen LogP contribution < -0.4 is 0 Å². The van der Waals surface area contributed by atoms with Crippen LogP contribution in [0, 0.1) is 5.92 Å². The molecule has 0 aliphatic carbocycles.